The van der Waals surface area contributed by atoms with Gasteiger partial charge in [-0.15, -0.1) is 0 Å². The predicted octanol–water partition coefficient (Wildman–Crippen LogP) is 2.57. The summed E-state index contributed by atoms with van der Waals surface area (Å²) in [5.41, 5.74) is 0.217. The summed E-state index contributed by atoms with van der Waals surface area (Å²) in [6.45, 7) is 8.51. The van der Waals surface area contributed by atoms with Gasteiger partial charge in [0.1, 0.15) is 5.76 Å². The molecule has 1 aliphatic rings. The topological polar surface area (TPSA) is 112 Å². The minimum absolute atomic E-state index is 0.128. The Morgan fingerprint density at radius 3 is 2.32 bits per heavy atom. The van der Waals surface area contributed by atoms with Crippen molar-refractivity contribution >= 4 is 23.4 Å². The van der Waals surface area contributed by atoms with Crippen LogP contribution in [0.5, 0.6) is 0 Å². The van der Waals surface area contributed by atoms with Crippen molar-refractivity contribution in [1.29, 1.82) is 0 Å². The summed E-state index contributed by atoms with van der Waals surface area (Å²) in [5, 5.41) is 11.7. The number of hydrogen-bond donors (Lipinski definition) is 4. The standard InChI is InChI=1S/C23H30N4O4/c1-22(2)12-15(13-23(3,4)27-22)25-20(29)21(30)26-18-10-6-5-9-17(18)19(28)24-14-16-8-7-11-31-16/h5-11,15,27H,12-14H2,1-4H3,(H,24,28)(H,25,29)(H,26,30). The number of benzene rings is 1. The highest BCUT2D eigenvalue weighted by molar-refractivity contribution is 6.40. The molecular weight excluding hydrogens is 396 g/mol. The summed E-state index contributed by atoms with van der Waals surface area (Å²) in [6, 6.07) is 9.91. The van der Waals surface area contributed by atoms with Gasteiger partial charge in [0, 0.05) is 17.1 Å². The molecule has 8 heteroatoms. The van der Waals surface area contributed by atoms with Crippen molar-refractivity contribution in [3.8, 4) is 0 Å². The van der Waals surface area contributed by atoms with Crippen molar-refractivity contribution in [3.05, 3.63) is 54.0 Å². The number of carbonyl (C=O) groups excluding carboxylic acids is 3. The molecule has 0 saturated carbocycles. The van der Waals surface area contributed by atoms with E-state index in [4.69, 9.17) is 4.42 Å². The number of furan rings is 1. The number of carbonyl (C=O) groups is 3. The van der Waals surface area contributed by atoms with Crippen LogP contribution in [0.25, 0.3) is 0 Å². The molecule has 2 aromatic rings. The monoisotopic (exact) mass is 426 g/mol. The summed E-state index contributed by atoms with van der Waals surface area (Å²) in [4.78, 5) is 37.6. The second-order valence-corrected chi connectivity index (χ2v) is 9.23. The smallest absolute Gasteiger partial charge is 0.313 e. The van der Waals surface area contributed by atoms with E-state index < -0.39 is 11.8 Å². The molecule has 2 heterocycles. The second kappa shape index (κ2) is 8.93. The van der Waals surface area contributed by atoms with E-state index in [1.807, 2.05) is 0 Å². The first-order valence-corrected chi connectivity index (χ1v) is 10.4. The number of rotatable bonds is 5. The van der Waals surface area contributed by atoms with Crippen molar-refractivity contribution in [3.63, 3.8) is 0 Å². The van der Waals surface area contributed by atoms with Gasteiger partial charge in [-0.2, -0.15) is 0 Å². The Balaban J connectivity index is 1.62. The fourth-order valence-corrected chi connectivity index (χ4v) is 4.32. The second-order valence-electron chi connectivity index (χ2n) is 9.23. The Bertz CT molecular complexity index is 934. The molecule has 1 aromatic heterocycles. The number of hydrogen-bond acceptors (Lipinski definition) is 5. The molecule has 1 aliphatic heterocycles. The lowest BCUT2D eigenvalue weighted by Gasteiger charge is -2.46. The molecule has 31 heavy (non-hydrogen) atoms. The van der Waals surface area contributed by atoms with Gasteiger partial charge in [0.25, 0.3) is 5.91 Å². The van der Waals surface area contributed by atoms with Crippen molar-refractivity contribution in [2.75, 3.05) is 5.32 Å². The van der Waals surface area contributed by atoms with Crippen LogP contribution in [0.4, 0.5) is 5.69 Å². The Labute approximate surface area is 182 Å². The van der Waals surface area contributed by atoms with Crippen LogP contribution in [0.3, 0.4) is 0 Å². The van der Waals surface area contributed by atoms with E-state index in [9.17, 15) is 14.4 Å². The van der Waals surface area contributed by atoms with E-state index in [0.717, 1.165) is 0 Å². The SMILES string of the molecule is CC1(C)CC(NC(=O)C(=O)Nc2ccccc2C(=O)NCc2ccco2)CC(C)(C)N1. The van der Waals surface area contributed by atoms with Gasteiger partial charge in [-0.05, 0) is 64.8 Å². The van der Waals surface area contributed by atoms with Crippen LogP contribution in [0.2, 0.25) is 0 Å². The maximum atomic E-state index is 12.6. The fraction of sp³-hybridized carbons (Fsp3) is 0.435. The zero-order valence-electron chi connectivity index (χ0n) is 18.4. The summed E-state index contributed by atoms with van der Waals surface area (Å²) < 4.78 is 5.21. The van der Waals surface area contributed by atoms with Crippen LogP contribution in [-0.2, 0) is 16.1 Å². The largest absolute Gasteiger partial charge is 0.467 e. The molecule has 0 aliphatic carbocycles. The Hall–Kier alpha value is -3.13. The molecule has 1 fully saturated rings. The zero-order valence-corrected chi connectivity index (χ0v) is 18.4. The molecule has 3 rings (SSSR count). The van der Waals surface area contributed by atoms with Crippen LogP contribution < -0.4 is 21.3 Å². The van der Waals surface area contributed by atoms with Gasteiger partial charge in [0.15, 0.2) is 0 Å². The molecule has 4 N–H and O–H groups in total. The third-order valence-electron chi connectivity index (χ3n) is 5.15. The average molecular weight is 427 g/mol. The number of amides is 3. The number of nitrogens with one attached hydrogen (secondary N) is 4. The van der Waals surface area contributed by atoms with Crippen molar-refractivity contribution in [1.82, 2.24) is 16.0 Å². The van der Waals surface area contributed by atoms with Gasteiger partial charge in [-0.3, -0.25) is 14.4 Å². The quantitative estimate of drug-likeness (QED) is 0.549. The van der Waals surface area contributed by atoms with Crippen molar-refractivity contribution in [2.45, 2.75) is 64.2 Å². The van der Waals surface area contributed by atoms with Gasteiger partial charge >= 0.3 is 11.8 Å². The Morgan fingerprint density at radius 1 is 1.00 bits per heavy atom. The number of piperidine rings is 1. The fourth-order valence-electron chi connectivity index (χ4n) is 4.32. The van der Waals surface area contributed by atoms with E-state index in [0.29, 0.717) is 18.6 Å². The summed E-state index contributed by atoms with van der Waals surface area (Å²) in [6.07, 6.45) is 2.95. The van der Waals surface area contributed by atoms with Crippen LogP contribution in [0.1, 0.15) is 56.7 Å². The van der Waals surface area contributed by atoms with E-state index in [1.165, 1.54) is 6.26 Å². The van der Waals surface area contributed by atoms with Crippen LogP contribution in [-0.4, -0.2) is 34.8 Å². The van der Waals surface area contributed by atoms with Crippen molar-refractivity contribution in [2.24, 2.45) is 0 Å². The minimum Gasteiger partial charge on any atom is -0.467 e. The molecule has 0 radical (unpaired) electrons. The number of para-hydroxylation sites is 1. The van der Waals surface area contributed by atoms with Crippen molar-refractivity contribution < 1.29 is 18.8 Å². The summed E-state index contributed by atoms with van der Waals surface area (Å²) in [5.74, 6) is -1.29. The highest BCUT2D eigenvalue weighted by Gasteiger charge is 2.38. The third kappa shape index (κ3) is 6.18. The van der Waals surface area contributed by atoms with Gasteiger partial charge in [0.2, 0.25) is 0 Å². The summed E-state index contributed by atoms with van der Waals surface area (Å²) >= 11 is 0. The predicted molar refractivity (Wildman–Crippen MR) is 117 cm³/mol. The molecule has 0 spiro atoms. The lowest BCUT2D eigenvalue weighted by Crippen LogP contribution is -2.62. The first kappa shape index (κ1) is 22.6. The molecule has 0 unspecified atom stereocenters. The molecule has 1 aromatic carbocycles. The third-order valence-corrected chi connectivity index (χ3v) is 5.15. The first-order chi connectivity index (χ1) is 14.5. The Morgan fingerprint density at radius 2 is 1.68 bits per heavy atom. The summed E-state index contributed by atoms with van der Waals surface area (Å²) in [7, 11) is 0. The molecule has 166 valence electrons. The Kier molecular flexibility index (Phi) is 6.50. The molecule has 3 amide bonds. The lowest BCUT2D eigenvalue weighted by atomic mass is 9.79. The van der Waals surface area contributed by atoms with Crippen LogP contribution in [0, 0.1) is 0 Å². The maximum absolute atomic E-state index is 12.6. The normalized spacial score (nSPS) is 17.5. The molecule has 0 bridgehead atoms. The number of anilines is 1. The molecule has 8 nitrogen and oxygen atoms in total. The van der Waals surface area contributed by atoms with Crippen LogP contribution >= 0.6 is 0 Å². The van der Waals surface area contributed by atoms with E-state index >= 15 is 0 Å². The maximum Gasteiger partial charge on any atom is 0.313 e. The highest BCUT2D eigenvalue weighted by atomic mass is 16.3. The van der Waals surface area contributed by atoms with E-state index in [1.54, 1.807) is 36.4 Å². The molecular formula is C23H30N4O4. The lowest BCUT2D eigenvalue weighted by molar-refractivity contribution is -0.137. The van der Waals surface area contributed by atoms with Gasteiger partial charge in [0.05, 0.1) is 24.1 Å². The minimum atomic E-state index is -0.805. The average Bonchev–Trinajstić information content (AvgIpc) is 3.17. The molecule has 1 saturated heterocycles. The van der Waals surface area contributed by atoms with Gasteiger partial charge in [-0.25, -0.2) is 0 Å². The van der Waals surface area contributed by atoms with E-state index in [2.05, 4.69) is 49.0 Å². The van der Waals surface area contributed by atoms with Crippen LogP contribution in [0.15, 0.2) is 47.1 Å². The van der Waals surface area contributed by atoms with E-state index in [-0.39, 0.29) is 40.8 Å². The first-order valence-electron chi connectivity index (χ1n) is 10.4. The zero-order chi connectivity index (χ0) is 22.6. The van der Waals surface area contributed by atoms with Gasteiger partial charge in [-0.1, -0.05) is 12.1 Å². The molecule has 0 atom stereocenters. The van der Waals surface area contributed by atoms with Gasteiger partial charge < -0.3 is 25.7 Å². The highest BCUT2D eigenvalue weighted by Crippen LogP contribution is 2.28.